The van der Waals surface area contributed by atoms with Gasteiger partial charge in [0.25, 0.3) is 15.9 Å². The molecular weight excluding hydrogens is 394 g/mol. The third-order valence-corrected chi connectivity index (χ3v) is 6.39. The fraction of sp³-hybridized carbons (Fsp3) is 0.0800. The Labute approximate surface area is 177 Å². The zero-order valence-electron chi connectivity index (χ0n) is 17.0. The summed E-state index contributed by atoms with van der Waals surface area (Å²) in [6.45, 7) is 11.2. The van der Waals surface area contributed by atoms with E-state index in [1.807, 2.05) is 37.3 Å². The van der Waals surface area contributed by atoms with Gasteiger partial charge in [0.2, 0.25) is 0 Å². The molecule has 0 spiro atoms. The standard InChI is InChI=1S/C25H23NO3S/c1-18(2)25(27)26(30(28,29)22-16-14-19(3)15-17-22)24-13-9-8-12-23(24)20(4)21-10-6-5-7-11-21/h5-17H,1,4H2,2-3H3. The number of sulfonamides is 1. The fourth-order valence-corrected chi connectivity index (χ4v) is 4.52. The molecule has 0 aliphatic rings. The second-order valence-electron chi connectivity index (χ2n) is 7.03. The van der Waals surface area contributed by atoms with Gasteiger partial charge < -0.3 is 0 Å². The summed E-state index contributed by atoms with van der Waals surface area (Å²) in [4.78, 5) is 13.1. The Hall–Kier alpha value is -3.44. The molecule has 30 heavy (non-hydrogen) atoms. The first-order chi connectivity index (χ1) is 14.2. The van der Waals surface area contributed by atoms with Crippen molar-refractivity contribution in [2.24, 2.45) is 0 Å². The molecule has 0 heterocycles. The maximum absolute atomic E-state index is 13.5. The van der Waals surface area contributed by atoms with Crippen LogP contribution in [0.15, 0.2) is 102 Å². The van der Waals surface area contributed by atoms with E-state index in [0.717, 1.165) is 15.4 Å². The van der Waals surface area contributed by atoms with Crippen LogP contribution in [0.25, 0.3) is 5.57 Å². The van der Waals surface area contributed by atoms with Crippen LogP contribution in [0.1, 0.15) is 23.6 Å². The van der Waals surface area contributed by atoms with E-state index < -0.39 is 15.9 Å². The number of rotatable bonds is 6. The van der Waals surface area contributed by atoms with Crippen LogP contribution in [-0.4, -0.2) is 14.3 Å². The van der Waals surface area contributed by atoms with E-state index in [1.54, 1.807) is 36.4 Å². The molecule has 0 unspecified atom stereocenters. The van der Waals surface area contributed by atoms with Gasteiger partial charge in [-0.05, 0) is 43.2 Å². The monoisotopic (exact) mass is 417 g/mol. The topological polar surface area (TPSA) is 54.5 Å². The lowest BCUT2D eigenvalue weighted by Crippen LogP contribution is -2.38. The molecule has 3 rings (SSSR count). The molecule has 0 saturated heterocycles. The van der Waals surface area contributed by atoms with E-state index >= 15 is 0 Å². The van der Waals surface area contributed by atoms with Crippen molar-refractivity contribution >= 4 is 27.2 Å². The average molecular weight is 418 g/mol. The van der Waals surface area contributed by atoms with Gasteiger partial charge in [-0.2, -0.15) is 4.31 Å². The molecule has 0 aliphatic carbocycles. The molecule has 0 saturated carbocycles. The van der Waals surface area contributed by atoms with Crippen molar-refractivity contribution in [2.45, 2.75) is 18.7 Å². The van der Waals surface area contributed by atoms with Gasteiger partial charge >= 0.3 is 0 Å². The smallest absolute Gasteiger partial charge is 0.268 e. The van der Waals surface area contributed by atoms with Crippen LogP contribution in [0.4, 0.5) is 5.69 Å². The van der Waals surface area contributed by atoms with Gasteiger partial charge in [-0.25, -0.2) is 8.42 Å². The summed E-state index contributed by atoms with van der Waals surface area (Å²) in [5, 5.41) is 0. The van der Waals surface area contributed by atoms with E-state index in [4.69, 9.17) is 0 Å². The summed E-state index contributed by atoms with van der Waals surface area (Å²) in [5.74, 6) is -0.691. The fourth-order valence-electron chi connectivity index (χ4n) is 3.04. The largest absolute Gasteiger partial charge is 0.271 e. The highest BCUT2D eigenvalue weighted by molar-refractivity contribution is 7.93. The van der Waals surface area contributed by atoms with Crippen molar-refractivity contribution < 1.29 is 13.2 Å². The van der Waals surface area contributed by atoms with Crippen LogP contribution in [-0.2, 0) is 14.8 Å². The number of hydrogen-bond donors (Lipinski definition) is 0. The zero-order chi connectivity index (χ0) is 21.9. The predicted molar refractivity (Wildman–Crippen MR) is 122 cm³/mol. The van der Waals surface area contributed by atoms with Crippen molar-refractivity contribution in [1.82, 2.24) is 0 Å². The summed E-state index contributed by atoms with van der Waals surface area (Å²) in [7, 11) is -4.17. The summed E-state index contributed by atoms with van der Waals surface area (Å²) in [6.07, 6.45) is 0. The van der Waals surface area contributed by atoms with E-state index in [9.17, 15) is 13.2 Å². The van der Waals surface area contributed by atoms with Crippen molar-refractivity contribution in [1.29, 1.82) is 0 Å². The lowest BCUT2D eigenvalue weighted by molar-refractivity contribution is -0.114. The lowest BCUT2D eigenvalue weighted by Gasteiger charge is -2.26. The third-order valence-electron chi connectivity index (χ3n) is 4.68. The van der Waals surface area contributed by atoms with Crippen molar-refractivity contribution in [2.75, 3.05) is 4.31 Å². The number of amides is 1. The predicted octanol–water partition coefficient (Wildman–Crippen LogP) is 5.35. The first kappa shape index (κ1) is 21.3. The molecule has 5 heteroatoms. The Balaban J connectivity index is 2.22. The summed E-state index contributed by atoms with van der Waals surface area (Å²) in [5.41, 5.74) is 3.27. The van der Waals surface area contributed by atoms with Gasteiger partial charge in [0, 0.05) is 11.1 Å². The van der Waals surface area contributed by atoms with E-state index in [0.29, 0.717) is 11.1 Å². The van der Waals surface area contributed by atoms with Gasteiger partial charge in [-0.3, -0.25) is 4.79 Å². The molecule has 0 bridgehead atoms. The second-order valence-corrected chi connectivity index (χ2v) is 8.82. The maximum Gasteiger partial charge on any atom is 0.271 e. The molecule has 0 N–H and O–H groups in total. The van der Waals surface area contributed by atoms with Crippen molar-refractivity contribution in [3.8, 4) is 0 Å². The minimum Gasteiger partial charge on any atom is -0.268 e. The first-order valence-corrected chi connectivity index (χ1v) is 10.8. The minimum absolute atomic E-state index is 0.0304. The molecule has 0 fully saturated rings. The molecule has 0 aliphatic heterocycles. The minimum atomic E-state index is -4.17. The molecule has 4 nitrogen and oxygen atoms in total. The summed E-state index contributed by atoms with van der Waals surface area (Å²) < 4.78 is 27.9. The highest BCUT2D eigenvalue weighted by Gasteiger charge is 2.33. The molecule has 0 atom stereocenters. The molecule has 1 amide bonds. The Bertz CT molecular complexity index is 1210. The van der Waals surface area contributed by atoms with Crippen LogP contribution in [0.5, 0.6) is 0 Å². The molecule has 0 radical (unpaired) electrons. The number of aryl methyl sites for hydroxylation is 1. The zero-order valence-corrected chi connectivity index (χ0v) is 17.8. The van der Waals surface area contributed by atoms with E-state index in [2.05, 4.69) is 13.2 Å². The average Bonchev–Trinajstić information content (AvgIpc) is 2.74. The SMILES string of the molecule is C=C(C)C(=O)N(c1ccccc1C(=C)c1ccccc1)S(=O)(=O)c1ccc(C)cc1. The lowest BCUT2D eigenvalue weighted by atomic mass is 9.98. The van der Waals surface area contributed by atoms with Crippen molar-refractivity contribution in [3.63, 3.8) is 0 Å². The van der Waals surface area contributed by atoms with Crippen LogP contribution >= 0.6 is 0 Å². The number of benzene rings is 3. The molecule has 152 valence electrons. The molecule has 3 aromatic rings. The molecule has 3 aromatic carbocycles. The van der Waals surface area contributed by atoms with Gasteiger partial charge in [-0.1, -0.05) is 79.4 Å². The van der Waals surface area contributed by atoms with E-state index in [1.165, 1.54) is 19.1 Å². The molecular formula is C25H23NO3S. The number of hydrogen-bond acceptors (Lipinski definition) is 3. The highest BCUT2D eigenvalue weighted by atomic mass is 32.2. The number of carbonyl (C=O) groups excluding carboxylic acids is 1. The second kappa shape index (κ2) is 8.51. The van der Waals surface area contributed by atoms with Crippen LogP contribution in [0, 0.1) is 6.92 Å². The molecule has 0 aromatic heterocycles. The van der Waals surface area contributed by atoms with Crippen molar-refractivity contribution in [3.05, 3.63) is 114 Å². The Morgan fingerprint density at radius 1 is 0.833 bits per heavy atom. The van der Waals surface area contributed by atoms with Gasteiger partial charge in [0.05, 0.1) is 10.6 Å². The first-order valence-electron chi connectivity index (χ1n) is 9.39. The third kappa shape index (κ3) is 4.11. The summed E-state index contributed by atoms with van der Waals surface area (Å²) >= 11 is 0. The Morgan fingerprint density at radius 3 is 2.00 bits per heavy atom. The number of nitrogens with zero attached hydrogens (tertiary/aromatic N) is 1. The number of carbonyl (C=O) groups is 1. The maximum atomic E-state index is 13.5. The van der Waals surface area contributed by atoms with Gasteiger partial charge in [0.15, 0.2) is 0 Å². The van der Waals surface area contributed by atoms with Gasteiger partial charge in [0.1, 0.15) is 0 Å². The normalized spacial score (nSPS) is 11.0. The quantitative estimate of drug-likeness (QED) is 0.508. The number of anilines is 1. The Kier molecular flexibility index (Phi) is 6.04. The van der Waals surface area contributed by atoms with Crippen LogP contribution in [0.2, 0.25) is 0 Å². The number of para-hydroxylation sites is 1. The van der Waals surface area contributed by atoms with Crippen LogP contribution in [0.3, 0.4) is 0 Å². The summed E-state index contributed by atoms with van der Waals surface area (Å²) in [6, 6.07) is 22.7. The van der Waals surface area contributed by atoms with Crippen LogP contribution < -0.4 is 4.31 Å². The van der Waals surface area contributed by atoms with Gasteiger partial charge in [-0.15, -0.1) is 0 Å². The van der Waals surface area contributed by atoms with E-state index in [-0.39, 0.29) is 16.2 Å². The Morgan fingerprint density at radius 2 is 1.40 bits per heavy atom. The highest BCUT2D eigenvalue weighted by Crippen LogP contribution is 2.34.